The zero-order chi connectivity index (χ0) is 18.5. The highest BCUT2D eigenvalue weighted by Gasteiger charge is 2.20. The number of hydrogen-bond donors (Lipinski definition) is 1. The van der Waals surface area contributed by atoms with Crippen LogP contribution in [-0.2, 0) is 13.0 Å². The number of para-hydroxylation sites is 1. The van der Waals surface area contributed by atoms with Gasteiger partial charge in [-0.05, 0) is 62.4 Å². The summed E-state index contributed by atoms with van der Waals surface area (Å²) in [4.78, 5) is 17.0. The number of benzene rings is 1. The van der Waals surface area contributed by atoms with Crippen LogP contribution in [0.15, 0.2) is 41.3 Å². The molecule has 2 aliphatic rings. The van der Waals surface area contributed by atoms with E-state index in [0.717, 1.165) is 49.0 Å². The molecular weight excluding hydrogens is 340 g/mol. The number of ether oxygens (including phenoxy) is 2. The molecular formula is C22H28N2O3. The maximum Gasteiger partial charge on any atom is 0.252 e. The molecule has 0 amide bonds. The number of aromatic nitrogens is 1. The number of piperidine rings is 1. The van der Waals surface area contributed by atoms with Crippen LogP contribution in [0.2, 0.25) is 0 Å². The highest BCUT2D eigenvalue weighted by atomic mass is 16.7. The molecule has 0 atom stereocenters. The SMILES string of the molecule is O=c1[nH]cccc1CN1CCC(CCCCc2cccc3c2OCO3)CC1. The Morgan fingerprint density at radius 1 is 1.04 bits per heavy atom. The first-order chi connectivity index (χ1) is 13.3. The lowest BCUT2D eigenvalue weighted by Crippen LogP contribution is -2.34. The molecule has 1 aromatic carbocycles. The van der Waals surface area contributed by atoms with Gasteiger partial charge < -0.3 is 14.5 Å². The van der Waals surface area contributed by atoms with Gasteiger partial charge >= 0.3 is 0 Å². The third-order valence-electron chi connectivity index (χ3n) is 5.79. The van der Waals surface area contributed by atoms with Gasteiger partial charge in [0.1, 0.15) is 0 Å². The number of rotatable bonds is 7. The van der Waals surface area contributed by atoms with Gasteiger partial charge in [0.05, 0.1) is 0 Å². The van der Waals surface area contributed by atoms with E-state index in [0.29, 0.717) is 6.79 Å². The van der Waals surface area contributed by atoms with E-state index in [9.17, 15) is 4.79 Å². The standard InChI is InChI=1S/C22H28N2O3/c25-22-19(8-4-12-23-22)15-24-13-10-17(11-14-24)5-1-2-6-18-7-3-9-20-21(18)27-16-26-20/h3-4,7-9,12,17H,1-2,5-6,10-11,13-16H2,(H,23,25). The van der Waals surface area contributed by atoms with Gasteiger partial charge in [0.2, 0.25) is 6.79 Å². The molecule has 2 aliphatic heterocycles. The summed E-state index contributed by atoms with van der Waals surface area (Å²) in [7, 11) is 0. The summed E-state index contributed by atoms with van der Waals surface area (Å²) in [5, 5.41) is 0. The van der Waals surface area contributed by atoms with Crippen LogP contribution in [0.3, 0.4) is 0 Å². The van der Waals surface area contributed by atoms with E-state index in [1.165, 1.54) is 37.7 Å². The number of H-pyrrole nitrogens is 1. The van der Waals surface area contributed by atoms with Crippen LogP contribution in [0, 0.1) is 5.92 Å². The molecule has 5 heteroatoms. The second-order valence-electron chi connectivity index (χ2n) is 7.64. The number of unbranched alkanes of at least 4 members (excludes halogenated alkanes) is 1. The monoisotopic (exact) mass is 368 g/mol. The van der Waals surface area contributed by atoms with Gasteiger partial charge in [-0.1, -0.05) is 31.0 Å². The minimum atomic E-state index is 0.0430. The Morgan fingerprint density at radius 2 is 1.89 bits per heavy atom. The van der Waals surface area contributed by atoms with E-state index < -0.39 is 0 Å². The van der Waals surface area contributed by atoms with Gasteiger partial charge in [0, 0.05) is 18.3 Å². The van der Waals surface area contributed by atoms with Gasteiger partial charge in [-0.15, -0.1) is 0 Å². The van der Waals surface area contributed by atoms with Gasteiger partial charge in [-0.2, -0.15) is 0 Å². The fourth-order valence-electron chi connectivity index (χ4n) is 4.19. The molecule has 0 bridgehead atoms. The van der Waals surface area contributed by atoms with E-state index in [4.69, 9.17) is 9.47 Å². The van der Waals surface area contributed by atoms with Gasteiger partial charge in [0.25, 0.3) is 5.56 Å². The van der Waals surface area contributed by atoms with Crippen LogP contribution in [-0.4, -0.2) is 29.8 Å². The smallest absolute Gasteiger partial charge is 0.252 e. The van der Waals surface area contributed by atoms with Gasteiger partial charge in [-0.25, -0.2) is 0 Å². The van der Waals surface area contributed by atoms with Crippen LogP contribution in [0.5, 0.6) is 11.5 Å². The molecule has 0 spiro atoms. The summed E-state index contributed by atoms with van der Waals surface area (Å²) in [5.41, 5.74) is 2.19. The molecule has 0 radical (unpaired) electrons. The summed E-state index contributed by atoms with van der Waals surface area (Å²) in [6, 6.07) is 10.0. The van der Waals surface area contributed by atoms with Crippen LogP contribution in [0.1, 0.15) is 43.2 Å². The molecule has 1 fully saturated rings. The molecule has 2 aromatic rings. The van der Waals surface area contributed by atoms with Crippen molar-refractivity contribution in [1.82, 2.24) is 9.88 Å². The van der Waals surface area contributed by atoms with Crippen molar-refractivity contribution in [3.8, 4) is 11.5 Å². The number of likely N-dealkylation sites (tertiary alicyclic amines) is 1. The number of nitrogens with one attached hydrogen (secondary N) is 1. The van der Waals surface area contributed by atoms with Crippen LogP contribution >= 0.6 is 0 Å². The largest absolute Gasteiger partial charge is 0.454 e. The highest BCUT2D eigenvalue weighted by molar-refractivity contribution is 5.48. The zero-order valence-corrected chi connectivity index (χ0v) is 15.8. The first kappa shape index (κ1) is 18.1. The second-order valence-corrected chi connectivity index (χ2v) is 7.64. The second kappa shape index (κ2) is 8.61. The Labute approximate surface area is 160 Å². The van der Waals surface area contributed by atoms with E-state index >= 15 is 0 Å². The zero-order valence-electron chi connectivity index (χ0n) is 15.8. The molecule has 0 saturated carbocycles. The Bertz CT molecular complexity index is 809. The number of nitrogens with zero attached hydrogens (tertiary/aromatic N) is 1. The Kier molecular flexibility index (Phi) is 5.78. The normalized spacial score (nSPS) is 17.3. The average Bonchev–Trinajstić information content (AvgIpc) is 3.18. The van der Waals surface area contributed by atoms with Crippen LogP contribution < -0.4 is 15.0 Å². The van der Waals surface area contributed by atoms with Crippen molar-refractivity contribution in [2.45, 2.75) is 45.1 Å². The number of pyridine rings is 1. The molecule has 1 saturated heterocycles. The molecule has 1 N–H and O–H groups in total. The highest BCUT2D eigenvalue weighted by Crippen LogP contribution is 2.36. The van der Waals surface area contributed by atoms with Crippen molar-refractivity contribution < 1.29 is 9.47 Å². The minimum Gasteiger partial charge on any atom is -0.454 e. The van der Waals surface area contributed by atoms with Crippen LogP contribution in [0.4, 0.5) is 0 Å². The summed E-state index contributed by atoms with van der Waals surface area (Å²) >= 11 is 0. The number of aromatic amines is 1. The topological polar surface area (TPSA) is 54.6 Å². The van der Waals surface area contributed by atoms with Crippen molar-refractivity contribution in [1.29, 1.82) is 0 Å². The number of hydrogen-bond acceptors (Lipinski definition) is 4. The number of aryl methyl sites for hydroxylation is 1. The maximum absolute atomic E-state index is 11.8. The molecule has 0 unspecified atom stereocenters. The van der Waals surface area contributed by atoms with E-state index in [1.807, 2.05) is 18.2 Å². The van der Waals surface area contributed by atoms with Crippen molar-refractivity contribution in [2.75, 3.05) is 19.9 Å². The molecule has 1 aromatic heterocycles. The molecule has 4 rings (SSSR count). The number of fused-ring (bicyclic) bond motifs is 1. The molecule has 3 heterocycles. The summed E-state index contributed by atoms with van der Waals surface area (Å²) in [6.45, 7) is 3.30. The van der Waals surface area contributed by atoms with E-state index in [-0.39, 0.29) is 5.56 Å². The fraction of sp³-hybridized carbons (Fsp3) is 0.500. The Hall–Kier alpha value is -2.27. The van der Waals surface area contributed by atoms with Crippen molar-refractivity contribution in [2.24, 2.45) is 5.92 Å². The summed E-state index contributed by atoms with van der Waals surface area (Å²) in [6.07, 6.45) is 8.98. The quantitative estimate of drug-likeness (QED) is 0.757. The van der Waals surface area contributed by atoms with Crippen molar-refractivity contribution in [3.63, 3.8) is 0 Å². The van der Waals surface area contributed by atoms with Gasteiger partial charge in [-0.3, -0.25) is 9.69 Å². The average molecular weight is 368 g/mol. The third kappa shape index (κ3) is 4.53. The minimum absolute atomic E-state index is 0.0430. The van der Waals surface area contributed by atoms with Crippen molar-refractivity contribution >= 4 is 0 Å². The van der Waals surface area contributed by atoms with Gasteiger partial charge in [0.15, 0.2) is 11.5 Å². The predicted octanol–water partition coefficient (Wildman–Crippen LogP) is 3.73. The third-order valence-corrected chi connectivity index (χ3v) is 5.79. The Balaban J connectivity index is 1.17. The molecule has 0 aliphatic carbocycles. The van der Waals surface area contributed by atoms with Crippen molar-refractivity contribution in [3.05, 3.63) is 58.0 Å². The first-order valence-corrected chi connectivity index (χ1v) is 10.1. The van der Waals surface area contributed by atoms with E-state index in [2.05, 4.69) is 22.0 Å². The molecule has 144 valence electrons. The lowest BCUT2D eigenvalue weighted by molar-refractivity contribution is 0.169. The molecule has 27 heavy (non-hydrogen) atoms. The van der Waals surface area contributed by atoms with E-state index in [1.54, 1.807) is 6.20 Å². The fourth-order valence-corrected chi connectivity index (χ4v) is 4.19. The summed E-state index contributed by atoms with van der Waals surface area (Å²) in [5.74, 6) is 2.65. The lowest BCUT2D eigenvalue weighted by Gasteiger charge is -2.31. The first-order valence-electron chi connectivity index (χ1n) is 10.1. The molecule has 5 nitrogen and oxygen atoms in total. The predicted molar refractivity (Wildman–Crippen MR) is 105 cm³/mol. The summed E-state index contributed by atoms with van der Waals surface area (Å²) < 4.78 is 11.0. The Morgan fingerprint density at radius 3 is 2.74 bits per heavy atom. The lowest BCUT2D eigenvalue weighted by atomic mass is 9.90. The maximum atomic E-state index is 11.8. The van der Waals surface area contributed by atoms with Crippen LogP contribution in [0.25, 0.3) is 0 Å².